The number of carboxylic acids is 1. The van der Waals surface area contributed by atoms with E-state index >= 15 is 0 Å². The minimum atomic E-state index is -3.22. The number of carboxylic acid groups (broad SMARTS) is 1. The van der Waals surface area contributed by atoms with Crippen molar-refractivity contribution >= 4 is 21.5 Å². The Morgan fingerprint density at radius 2 is 1.94 bits per heavy atom. The smallest absolute Gasteiger partial charge is 0.334 e. The van der Waals surface area contributed by atoms with Crippen LogP contribution in [0.3, 0.4) is 0 Å². The lowest BCUT2D eigenvalue weighted by molar-refractivity contribution is -0.147. The molecule has 1 aromatic carbocycles. The van der Waals surface area contributed by atoms with Crippen molar-refractivity contribution in [2.24, 2.45) is 0 Å². The summed E-state index contributed by atoms with van der Waals surface area (Å²) in [4.78, 5) is 10.9. The first-order chi connectivity index (χ1) is 8.34. The molecule has 1 atom stereocenters. The van der Waals surface area contributed by atoms with Crippen LogP contribution in [0.5, 0.6) is 0 Å². The predicted octanol–water partition coefficient (Wildman–Crippen LogP) is 0.602. The molecule has 0 aromatic heterocycles. The van der Waals surface area contributed by atoms with E-state index in [4.69, 9.17) is 9.84 Å². The van der Waals surface area contributed by atoms with Crippen LogP contribution in [-0.2, 0) is 19.4 Å². The summed E-state index contributed by atoms with van der Waals surface area (Å²) in [6.45, 7) is 0.101. The monoisotopic (exact) mass is 273 g/mol. The van der Waals surface area contributed by atoms with Crippen molar-refractivity contribution in [1.82, 2.24) is 0 Å². The van der Waals surface area contributed by atoms with Crippen molar-refractivity contribution in [3.63, 3.8) is 0 Å². The molecule has 0 radical (unpaired) electrons. The molecular formula is C11H15NO5S. The van der Waals surface area contributed by atoms with Crippen molar-refractivity contribution in [3.8, 4) is 0 Å². The van der Waals surface area contributed by atoms with Gasteiger partial charge < -0.3 is 15.2 Å². The van der Waals surface area contributed by atoms with Crippen molar-refractivity contribution < 1.29 is 23.1 Å². The average molecular weight is 273 g/mol. The first-order valence-corrected chi connectivity index (χ1v) is 7.03. The molecule has 0 amide bonds. The molecule has 1 unspecified atom stereocenters. The number of anilines is 1. The fourth-order valence-electron chi connectivity index (χ4n) is 1.30. The van der Waals surface area contributed by atoms with Gasteiger partial charge in [-0.15, -0.1) is 0 Å². The van der Waals surface area contributed by atoms with Gasteiger partial charge in [0.1, 0.15) is 0 Å². The molecule has 1 aromatic rings. The highest BCUT2D eigenvalue weighted by molar-refractivity contribution is 7.90. The quantitative estimate of drug-likeness (QED) is 0.788. The number of carbonyl (C=O) groups is 1. The summed E-state index contributed by atoms with van der Waals surface area (Å²) in [6, 6.07) is 6.07. The Labute approximate surface area is 106 Å². The molecule has 0 bridgehead atoms. The van der Waals surface area contributed by atoms with Gasteiger partial charge in [-0.05, 0) is 24.3 Å². The van der Waals surface area contributed by atoms with E-state index in [9.17, 15) is 13.2 Å². The zero-order chi connectivity index (χ0) is 13.8. The predicted molar refractivity (Wildman–Crippen MR) is 66.5 cm³/mol. The SMILES string of the molecule is COC(CNc1ccc(S(C)(=O)=O)cc1)C(=O)O. The number of nitrogens with one attached hydrogen (secondary N) is 1. The van der Waals surface area contributed by atoms with Crippen molar-refractivity contribution in [3.05, 3.63) is 24.3 Å². The first-order valence-electron chi connectivity index (χ1n) is 5.14. The molecule has 7 heteroatoms. The van der Waals surface area contributed by atoms with Crippen LogP contribution in [0, 0.1) is 0 Å². The molecule has 0 aliphatic carbocycles. The second-order valence-corrected chi connectivity index (χ2v) is 5.76. The van der Waals surface area contributed by atoms with E-state index in [0.717, 1.165) is 6.26 Å². The Morgan fingerprint density at radius 1 is 1.39 bits per heavy atom. The maximum atomic E-state index is 11.2. The molecule has 1 rings (SSSR count). The van der Waals surface area contributed by atoms with Gasteiger partial charge in [0.25, 0.3) is 0 Å². The molecule has 18 heavy (non-hydrogen) atoms. The topological polar surface area (TPSA) is 92.7 Å². The molecule has 0 saturated heterocycles. The number of sulfone groups is 1. The molecule has 0 aliphatic heterocycles. The molecule has 2 N–H and O–H groups in total. The number of methoxy groups -OCH3 is 1. The fourth-order valence-corrected chi connectivity index (χ4v) is 1.93. The summed E-state index contributed by atoms with van der Waals surface area (Å²) in [7, 11) is -1.90. The van der Waals surface area contributed by atoms with Crippen LogP contribution in [0.2, 0.25) is 0 Å². The van der Waals surface area contributed by atoms with Crippen LogP contribution in [0.4, 0.5) is 5.69 Å². The lowest BCUT2D eigenvalue weighted by Gasteiger charge is -2.12. The zero-order valence-electron chi connectivity index (χ0n) is 10.1. The maximum absolute atomic E-state index is 11.2. The zero-order valence-corrected chi connectivity index (χ0v) is 10.9. The molecule has 0 saturated carbocycles. The molecule has 0 spiro atoms. The van der Waals surface area contributed by atoms with E-state index in [-0.39, 0.29) is 11.4 Å². The van der Waals surface area contributed by atoms with Crippen LogP contribution in [-0.4, -0.2) is 45.5 Å². The third-order valence-electron chi connectivity index (χ3n) is 2.33. The average Bonchev–Trinajstić information content (AvgIpc) is 2.29. The van der Waals surface area contributed by atoms with Gasteiger partial charge in [-0.2, -0.15) is 0 Å². The number of hydrogen-bond donors (Lipinski definition) is 2. The van der Waals surface area contributed by atoms with E-state index in [1.54, 1.807) is 12.1 Å². The number of ether oxygens (including phenoxy) is 1. The number of benzene rings is 1. The van der Waals surface area contributed by atoms with E-state index in [1.807, 2.05) is 0 Å². The molecule has 6 nitrogen and oxygen atoms in total. The summed E-state index contributed by atoms with van der Waals surface area (Å²) in [5.74, 6) is -1.06. The minimum Gasteiger partial charge on any atom is -0.479 e. The van der Waals surface area contributed by atoms with Gasteiger partial charge in [0.05, 0.1) is 11.4 Å². The van der Waals surface area contributed by atoms with Gasteiger partial charge in [0.15, 0.2) is 15.9 Å². The second-order valence-electron chi connectivity index (χ2n) is 3.74. The normalized spacial score (nSPS) is 13.0. The van der Waals surface area contributed by atoms with Crippen molar-refractivity contribution in [2.75, 3.05) is 25.2 Å². The van der Waals surface area contributed by atoms with Gasteiger partial charge in [-0.25, -0.2) is 13.2 Å². The van der Waals surface area contributed by atoms with Crippen LogP contribution < -0.4 is 5.32 Å². The van der Waals surface area contributed by atoms with Gasteiger partial charge in [-0.1, -0.05) is 0 Å². The van der Waals surface area contributed by atoms with Crippen LogP contribution in [0.25, 0.3) is 0 Å². The summed E-state index contributed by atoms with van der Waals surface area (Å²) in [5, 5.41) is 11.6. The summed E-state index contributed by atoms with van der Waals surface area (Å²) < 4.78 is 27.2. The van der Waals surface area contributed by atoms with Gasteiger partial charge in [-0.3, -0.25) is 0 Å². The van der Waals surface area contributed by atoms with E-state index in [2.05, 4.69) is 5.32 Å². The first kappa shape index (κ1) is 14.5. The van der Waals surface area contributed by atoms with Crippen LogP contribution in [0.1, 0.15) is 0 Å². The lowest BCUT2D eigenvalue weighted by Crippen LogP contribution is -2.30. The Morgan fingerprint density at radius 3 is 2.33 bits per heavy atom. The molecular weight excluding hydrogens is 258 g/mol. The standard InChI is InChI=1S/C11H15NO5S/c1-17-10(11(13)14)7-12-8-3-5-9(6-4-8)18(2,15)16/h3-6,10,12H,7H2,1-2H3,(H,13,14). The van der Waals surface area contributed by atoms with Crippen LogP contribution >= 0.6 is 0 Å². The maximum Gasteiger partial charge on any atom is 0.334 e. The Balaban J connectivity index is 2.67. The van der Waals surface area contributed by atoms with Gasteiger partial charge in [0, 0.05) is 19.1 Å². The summed E-state index contributed by atoms with van der Waals surface area (Å²) in [5.41, 5.74) is 0.630. The Hall–Kier alpha value is -1.60. The molecule has 0 heterocycles. The Kier molecular flexibility index (Phi) is 4.69. The van der Waals surface area contributed by atoms with E-state index in [1.165, 1.54) is 19.2 Å². The van der Waals surface area contributed by atoms with Crippen molar-refractivity contribution in [2.45, 2.75) is 11.0 Å². The number of aliphatic carboxylic acids is 1. The highest BCUT2D eigenvalue weighted by atomic mass is 32.2. The summed E-state index contributed by atoms with van der Waals surface area (Å²) >= 11 is 0. The Bertz CT molecular complexity index is 509. The largest absolute Gasteiger partial charge is 0.479 e. The molecule has 0 aliphatic rings. The second kappa shape index (κ2) is 5.83. The van der Waals surface area contributed by atoms with Gasteiger partial charge in [0.2, 0.25) is 0 Å². The van der Waals surface area contributed by atoms with E-state index in [0.29, 0.717) is 5.69 Å². The highest BCUT2D eigenvalue weighted by Crippen LogP contribution is 2.13. The molecule has 0 fully saturated rings. The third-order valence-corrected chi connectivity index (χ3v) is 3.46. The van der Waals surface area contributed by atoms with Crippen molar-refractivity contribution in [1.29, 1.82) is 0 Å². The minimum absolute atomic E-state index is 0.101. The third kappa shape index (κ3) is 4.01. The van der Waals surface area contributed by atoms with Gasteiger partial charge >= 0.3 is 5.97 Å². The number of rotatable bonds is 6. The molecule has 100 valence electrons. The van der Waals surface area contributed by atoms with Crippen LogP contribution in [0.15, 0.2) is 29.2 Å². The highest BCUT2D eigenvalue weighted by Gasteiger charge is 2.15. The van der Waals surface area contributed by atoms with E-state index < -0.39 is 21.9 Å². The fraction of sp³-hybridized carbons (Fsp3) is 0.364. The summed E-state index contributed by atoms with van der Waals surface area (Å²) in [6.07, 6.45) is 0.181. The number of hydrogen-bond acceptors (Lipinski definition) is 5. The lowest BCUT2D eigenvalue weighted by atomic mass is 10.3.